The smallest absolute Gasteiger partial charge is 0.0192 e. The van der Waals surface area contributed by atoms with Crippen molar-refractivity contribution in [2.24, 2.45) is 0 Å². The fourth-order valence-electron chi connectivity index (χ4n) is 3.05. The monoisotopic (exact) mass is 269 g/mol. The molecule has 0 heterocycles. The Morgan fingerprint density at radius 2 is 1.79 bits per heavy atom. The fraction of sp³-hybridized carbons (Fsp3) is 1.00. The first-order valence-corrected chi connectivity index (χ1v) is 8.25. The van der Waals surface area contributed by atoms with Crippen molar-refractivity contribution in [3.63, 3.8) is 0 Å². The van der Waals surface area contributed by atoms with E-state index in [9.17, 15) is 0 Å². The average molecular weight is 269 g/mol. The third-order valence-electron chi connectivity index (χ3n) is 4.39. The van der Waals surface area contributed by atoms with Crippen LogP contribution in [0.2, 0.25) is 0 Å². The predicted octanol–water partition coefficient (Wildman–Crippen LogP) is 2.57. The molecule has 0 spiro atoms. The van der Waals surface area contributed by atoms with Crippen LogP contribution in [-0.4, -0.2) is 62.2 Å². The Morgan fingerprint density at radius 1 is 1.11 bits per heavy atom. The van der Waals surface area contributed by atoms with E-state index in [2.05, 4.69) is 43.1 Å². The van der Waals surface area contributed by atoms with Crippen molar-refractivity contribution in [1.82, 2.24) is 15.1 Å². The third-order valence-corrected chi connectivity index (χ3v) is 4.39. The van der Waals surface area contributed by atoms with E-state index in [-0.39, 0.29) is 0 Å². The summed E-state index contributed by atoms with van der Waals surface area (Å²) in [6.45, 7) is 9.39. The van der Waals surface area contributed by atoms with E-state index in [0.717, 1.165) is 12.6 Å². The van der Waals surface area contributed by atoms with Gasteiger partial charge >= 0.3 is 0 Å². The zero-order chi connectivity index (χ0) is 14.1. The van der Waals surface area contributed by atoms with Gasteiger partial charge in [-0.3, -0.25) is 4.90 Å². The molecule has 19 heavy (non-hydrogen) atoms. The first-order valence-electron chi connectivity index (χ1n) is 8.25. The summed E-state index contributed by atoms with van der Waals surface area (Å²) in [5.74, 6) is 0. The van der Waals surface area contributed by atoms with E-state index in [1.807, 2.05) is 0 Å². The lowest BCUT2D eigenvalue weighted by atomic mass is 9.95. The van der Waals surface area contributed by atoms with Crippen LogP contribution in [0.15, 0.2) is 0 Å². The molecular formula is C16H35N3. The second kappa shape index (κ2) is 9.73. The van der Waals surface area contributed by atoms with Crippen LogP contribution in [-0.2, 0) is 0 Å². The molecule has 1 fully saturated rings. The normalized spacial score (nSPS) is 19.3. The van der Waals surface area contributed by atoms with Crippen LogP contribution in [0, 0.1) is 0 Å². The van der Waals surface area contributed by atoms with Gasteiger partial charge < -0.3 is 10.2 Å². The van der Waals surface area contributed by atoms with Gasteiger partial charge in [0, 0.05) is 18.6 Å². The largest absolute Gasteiger partial charge is 0.312 e. The maximum Gasteiger partial charge on any atom is 0.0192 e. The number of hydrogen-bond acceptors (Lipinski definition) is 3. The molecule has 0 saturated heterocycles. The third kappa shape index (κ3) is 7.28. The standard InChI is InChI=1S/C16H35N3/c1-5-19(13-9-12-18(3)4)15(2)14-17-16-10-7-6-8-11-16/h15-17H,5-14H2,1-4H3. The van der Waals surface area contributed by atoms with Gasteiger partial charge in [-0.25, -0.2) is 0 Å². The quantitative estimate of drug-likeness (QED) is 0.694. The van der Waals surface area contributed by atoms with Gasteiger partial charge in [0.15, 0.2) is 0 Å². The van der Waals surface area contributed by atoms with E-state index >= 15 is 0 Å². The molecule has 1 atom stereocenters. The number of rotatable bonds is 9. The molecule has 1 rings (SSSR count). The van der Waals surface area contributed by atoms with Gasteiger partial charge in [-0.15, -0.1) is 0 Å². The van der Waals surface area contributed by atoms with Crippen molar-refractivity contribution in [2.45, 2.75) is 64.5 Å². The number of nitrogens with one attached hydrogen (secondary N) is 1. The van der Waals surface area contributed by atoms with Crippen LogP contribution in [0.5, 0.6) is 0 Å². The molecule has 1 saturated carbocycles. The number of likely N-dealkylation sites (N-methyl/N-ethyl adjacent to an activating group) is 1. The average Bonchev–Trinajstić information content (AvgIpc) is 2.42. The Bertz CT molecular complexity index is 212. The highest BCUT2D eigenvalue weighted by atomic mass is 15.2. The second-order valence-corrected chi connectivity index (χ2v) is 6.38. The van der Waals surface area contributed by atoms with Gasteiger partial charge in [-0.2, -0.15) is 0 Å². The molecule has 3 nitrogen and oxygen atoms in total. The van der Waals surface area contributed by atoms with Crippen LogP contribution in [0.1, 0.15) is 52.4 Å². The van der Waals surface area contributed by atoms with E-state index in [1.165, 1.54) is 58.2 Å². The minimum absolute atomic E-state index is 0.661. The van der Waals surface area contributed by atoms with E-state index < -0.39 is 0 Å². The zero-order valence-electron chi connectivity index (χ0n) is 13.6. The Hall–Kier alpha value is -0.120. The molecule has 0 aromatic heterocycles. The summed E-state index contributed by atoms with van der Waals surface area (Å²) in [5, 5.41) is 3.78. The summed E-state index contributed by atoms with van der Waals surface area (Å²) in [4.78, 5) is 4.89. The van der Waals surface area contributed by atoms with Crippen LogP contribution < -0.4 is 5.32 Å². The first-order chi connectivity index (χ1) is 9.13. The van der Waals surface area contributed by atoms with Gasteiger partial charge in [0.25, 0.3) is 0 Å². The zero-order valence-corrected chi connectivity index (χ0v) is 13.6. The lowest BCUT2D eigenvalue weighted by Gasteiger charge is -2.31. The predicted molar refractivity (Wildman–Crippen MR) is 84.8 cm³/mol. The molecule has 3 heteroatoms. The molecule has 0 radical (unpaired) electrons. The summed E-state index contributed by atoms with van der Waals surface area (Å²) in [6.07, 6.45) is 8.34. The minimum atomic E-state index is 0.661. The van der Waals surface area contributed by atoms with Gasteiger partial charge in [0.2, 0.25) is 0 Å². The highest BCUT2D eigenvalue weighted by Gasteiger charge is 2.16. The van der Waals surface area contributed by atoms with Gasteiger partial charge in [0.05, 0.1) is 0 Å². The number of nitrogens with zero attached hydrogens (tertiary/aromatic N) is 2. The van der Waals surface area contributed by atoms with E-state index in [1.54, 1.807) is 0 Å². The highest BCUT2D eigenvalue weighted by molar-refractivity contribution is 4.76. The molecular weight excluding hydrogens is 234 g/mol. The lowest BCUT2D eigenvalue weighted by Crippen LogP contribution is -2.44. The summed E-state index contributed by atoms with van der Waals surface area (Å²) < 4.78 is 0. The van der Waals surface area contributed by atoms with Crippen LogP contribution in [0.4, 0.5) is 0 Å². The second-order valence-electron chi connectivity index (χ2n) is 6.38. The van der Waals surface area contributed by atoms with Gasteiger partial charge in [0.1, 0.15) is 0 Å². The molecule has 1 unspecified atom stereocenters. The summed E-state index contributed by atoms with van der Waals surface area (Å²) in [5.41, 5.74) is 0. The van der Waals surface area contributed by atoms with E-state index in [0.29, 0.717) is 6.04 Å². The van der Waals surface area contributed by atoms with Crippen molar-refractivity contribution >= 4 is 0 Å². The molecule has 114 valence electrons. The Labute approximate surface area is 120 Å². The summed E-state index contributed by atoms with van der Waals surface area (Å²) in [6, 6.07) is 1.45. The molecule has 0 aromatic carbocycles. The van der Waals surface area contributed by atoms with Crippen molar-refractivity contribution in [2.75, 3.05) is 40.3 Å². The van der Waals surface area contributed by atoms with Crippen molar-refractivity contribution in [1.29, 1.82) is 0 Å². The van der Waals surface area contributed by atoms with Crippen LogP contribution >= 0.6 is 0 Å². The highest BCUT2D eigenvalue weighted by Crippen LogP contribution is 2.17. The first kappa shape index (κ1) is 16.9. The molecule has 0 aliphatic heterocycles. The Balaban J connectivity index is 2.18. The minimum Gasteiger partial charge on any atom is -0.312 e. The van der Waals surface area contributed by atoms with E-state index in [4.69, 9.17) is 0 Å². The van der Waals surface area contributed by atoms with Crippen molar-refractivity contribution < 1.29 is 0 Å². The maximum atomic E-state index is 3.78. The summed E-state index contributed by atoms with van der Waals surface area (Å²) in [7, 11) is 4.31. The Morgan fingerprint density at radius 3 is 2.37 bits per heavy atom. The topological polar surface area (TPSA) is 18.5 Å². The molecule has 1 aliphatic carbocycles. The van der Waals surface area contributed by atoms with Gasteiger partial charge in [-0.1, -0.05) is 26.2 Å². The molecule has 1 aliphatic rings. The lowest BCUT2D eigenvalue weighted by molar-refractivity contribution is 0.196. The van der Waals surface area contributed by atoms with Crippen molar-refractivity contribution in [3.8, 4) is 0 Å². The van der Waals surface area contributed by atoms with Gasteiger partial charge in [-0.05, 0) is 59.9 Å². The summed E-state index contributed by atoms with van der Waals surface area (Å²) >= 11 is 0. The number of hydrogen-bond donors (Lipinski definition) is 1. The molecule has 0 amide bonds. The van der Waals surface area contributed by atoms with Crippen LogP contribution in [0.25, 0.3) is 0 Å². The SMILES string of the molecule is CCN(CCCN(C)C)C(C)CNC1CCCCC1. The molecule has 1 N–H and O–H groups in total. The molecule has 0 aromatic rings. The maximum absolute atomic E-state index is 3.78. The fourth-order valence-corrected chi connectivity index (χ4v) is 3.05. The molecule has 0 bridgehead atoms. The van der Waals surface area contributed by atoms with Crippen LogP contribution in [0.3, 0.4) is 0 Å². The Kier molecular flexibility index (Phi) is 8.67. The van der Waals surface area contributed by atoms with Crippen molar-refractivity contribution in [3.05, 3.63) is 0 Å².